The summed E-state index contributed by atoms with van der Waals surface area (Å²) in [6, 6.07) is 8.60. The summed E-state index contributed by atoms with van der Waals surface area (Å²) in [7, 11) is 0. The van der Waals surface area contributed by atoms with Gasteiger partial charge in [-0.05, 0) is 72.4 Å². The van der Waals surface area contributed by atoms with Gasteiger partial charge in [0.1, 0.15) is 11.5 Å². The van der Waals surface area contributed by atoms with Crippen molar-refractivity contribution >= 4 is 0 Å². The number of benzene rings is 2. The van der Waals surface area contributed by atoms with E-state index in [2.05, 4.69) is 45.0 Å². The topological polar surface area (TPSA) is 40.5 Å². The zero-order chi connectivity index (χ0) is 22.6. The maximum Gasteiger partial charge on any atom is 0.122 e. The van der Waals surface area contributed by atoms with Crippen molar-refractivity contribution in [2.24, 2.45) is 0 Å². The Labute approximate surface area is 190 Å². The fourth-order valence-corrected chi connectivity index (χ4v) is 4.49. The predicted octanol–water partition coefficient (Wildman–Crippen LogP) is 8.20. The van der Waals surface area contributed by atoms with Gasteiger partial charge in [0.25, 0.3) is 0 Å². The van der Waals surface area contributed by atoms with Crippen LogP contribution in [0.2, 0.25) is 0 Å². The van der Waals surface area contributed by atoms with E-state index in [0.29, 0.717) is 17.9 Å². The molecule has 31 heavy (non-hydrogen) atoms. The minimum atomic E-state index is 0.373. The molecule has 2 aromatic rings. The first-order valence-electron chi connectivity index (χ1n) is 12.6. The fourth-order valence-electron chi connectivity index (χ4n) is 4.49. The number of aromatic hydroxyl groups is 2. The van der Waals surface area contributed by atoms with Gasteiger partial charge in [-0.25, -0.2) is 0 Å². The van der Waals surface area contributed by atoms with Crippen LogP contribution in [0.5, 0.6) is 11.5 Å². The molecule has 0 heterocycles. The zero-order valence-corrected chi connectivity index (χ0v) is 20.4. The van der Waals surface area contributed by atoms with Gasteiger partial charge in [-0.15, -0.1) is 0 Å². The van der Waals surface area contributed by atoms with E-state index in [-0.39, 0.29) is 0 Å². The SMILES string of the molecule is CCCCCCCCc1cc(CC)c(O)c(Cc2cc(CCCCC)cc(C)c2O)c1. The summed E-state index contributed by atoms with van der Waals surface area (Å²) >= 11 is 0. The maximum atomic E-state index is 10.9. The average molecular weight is 425 g/mol. The average Bonchev–Trinajstić information content (AvgIpc) is 2.76. The highest BCUT2D eigenvalue weighted by atomic mass is 16.3. The van der Waals surface area contributed by atoms with Crippen LogP contribution >= 0.6 is 0 Å². The Kier molecular flexibility index (Phi) is 11.0. The normalized spacial score (nSPS) is 11.2. The van der Waals surface area contributed by atoms with Gasteiger partial charge in [0, 0.05) is 6.42 Å². The molecular formula is C29H44O2. The van der Waals surface area contributed by atoms with E-state index < -0.39 is 0 Å². The molecule has 0 fully saturated rings. The van der Waals surface area contributed by atoms with Crippen molar-refractivity contribution in [3.8, 4) is 11.5 Å². The highest BCUT2D eigenvalue weighted by Gasteiger charge is 2.14. The van der Waals surface area contributed by atoms with Crippen molar-refractivity contribution in [3.63, 3.8) is 0 Å². The van der Waals surface area contributed by atoms with E-state index in [9.17, 15) is 10.2 Å². The van der Waals surface area contributed by atoms with Crippen molar-refractivity contribution in [1.29, 1.82) is 0 Å². The summed E-state index contributed by atoms with van der Waals surface area (Å²) in [5, 5.41) is 21.6. The summed E-state index contributed by atoms with van der Waals surface area (Å²) in [6.45, 7) is 8.56. The van der Waals surface area contributed by atoms with E-state index in [4.69, 9.17) is 0 Å². The molecule has 0 bridgehead atoms. The first-order chi connectivity index (χ1) is 15.0. The third kappa shape index (κ3) is 7.91. The first kappa shape index (κ1) is 25.3. The summed E-state index contributed by atoms with van der Waals surface area (Å²) in [5.74, 6) is 0.778. The van der Waals surface area contributed by atoms with Crippen molar-refractivity contribution in [2.75, 3.05) is 0 Å². The largest absolute Gasteiger partial charge is 0.507 e. The van der Waals surface area contributed by atoms with E-state index in [1.807, 2.05) is 6.92 Å². The molecule has 0 amide bonds. The lowest BCUT2D eigenvalue weighted by Crippen LogP contribution is -1.99. The molecule has 2 rings (SSSR count). The van der Waals surface area contributed by atoms with Crippen LogP contribution in [0.25, 0.3) is 0 Å². The molecule has 2 nitrogen and oxygen atoms in total. The van der Waals surface area contributed by atoms with Crippen LogP contribution in [0.4, 0.5) is 0 Å². The monoisotopic (exact) mass is 424 g/mol. The lowest BCUT2D eigenvalue weighted by atomic mass is 9.92. The Bertz CT molecular complexity index is 807. The Balaban J connectivity index is 2.17. The molecule has 2 N–H and O–H groups in total. The molecule has 0 aliphatic carbocycles. The van der Waals surface area contributed by atoms with Crippen molar-refractivity contribution in [1.82, 2.24) is 0 Å². The number of aryl methyl sites for hydroxylation is 4. The first-order valence-corrected chi connectivity index (χ1v) is 12.6. The van der Waals surface area contributed by atoms with Gasteiger partial charge < -0.3 is 10.2 Å². The van der Waals surface area contributed by atoms with Gasteiger partial charge in [-0.3, -0.25) is 0 Å². The molecule has 0 atom stereocenters. The van der Waals surface area contributed by atoms with Gasteiger partial charge in [0.2, 0.25) is 0 Å². The Hall–Kier alpha value is -1.96. The third-order valence-corrected chi connectivity index (χ3v) is 6.42. The number of phenolic OH excluding ortho intramolecular Hbond substituents is 2. The number of hydrogen-bond acceptors (Lipinski definition) is 2. The number of unbranched alkanes of at least 4 members (excludes halogenated alkanes) is 7. The zero-order valence-electron chi connectivity index (χ0n) is 20.4. The van der Waals surface area contributed by atoms with Crippen molar-refractivity contribution in [3.05, 3.63) is 57.6 Å². The van der Waals surface area contributed by atoms with E-state index in [1.165, 1.54) is 68.9 Å². The van der Waals surface area contributed by atoms with E-state index in [0.717, 1.165) is 41.5 Å². The number of phenols is 2. The predicted molar refractivity (Wildman–Crippen MR) is 133 cm³/mol. The lowest BCUT2D eigenvalue weighted by Gasteiger charge is -2.15. The van der Waals surface area contributed by atoms with Crippen LogP contribution in [0, 0.1) is 6.92 Å². The second kappa shape index (κ2) is 13.5. The fraction of sp³-hybridized carbons (Fsp3) is 0.586. The van der Waals surface area contributed by atoms with Gasteiger partial charge in [-0.2, -0.15) is 0 Å². The molecule has 0 unspecified atom stereocenters. The van der Waals surface area contributed by atoms with E-state index in [1.54, 1.807) is 0 Å². The molecule has 0 aromatic heterocycles. The van der Waals surface area contributed by atoms with Gasteiger partial charge in [0.05, 0.1) is 0 Å². The van der Waals surface area contributed by atoms with Gasteiger partial charge >= 0.3 is 0 Å². The summed E-state index contributed by atoms with van der Waals surface area (Å²) in [4.78, 5) is 0. The molecule has 172 valence electrons. The quantitative estimate of drug-likeness (QED) is 0.300. The van der Waals surface area contributed by atoms with Crippen LogP contribution in [-0.4, -0.2) is 10.2 Å². The molecule has 0 radical (unpaired) electrons. The second-order valence-corrected chi connectivity index (χ2v) is 9.19. The molecule has 0 spiro atoms. The summed E-state index contributed by atoms with van der Waals surface area (Å²) < 4.78 is 0. The van der Waals surface area contributed by atoms with Crippen LogP contribution in [0.15, 0.2) is 24.3 Å². The second-order valence-electron chi connectivity index (χ2n) is 9.19. The number of hydrogen-bond donors (Lipinski definition) is 2. The summed E-state index contributed by atoms with van der Waals surface area (Å²) in [5.41, 5.74) is 6.44. The Morgan fingerprint density at radius 3 is 1.71 bits per heavy atom. The molecule has 2 heteroatoms. The van der Waals surface area contributed by atoms with Gasteiger partial charge in [0.15, 0.2) is 0 Å². The van der Waals surface area contributed by atoms with Gasteiger partial charge in [-0.1, -0.05) is 90.0 Å². The summed E-state index contributed by atoms with van der Waals surface area (Å²) in [6.07, 6.45) is 14.9. The van der Waals surface area contributed by atoms with Crippen molar-refractivity contribution in [2.45, 2.75) is 111 Å². The maximum absolute atomic E-state index is 10.9. The van der Waals surface area contributed by atoms with E-state index >= 15 is 0 Å². The molecule has 0 saturated heterocycles. The highest BCUT2D eigenvalue weighted by molar-refractivity contribution is 5.50. The van der Waals surface area contributed by atoms with Crippen molar-refractivity contribution < 1.29 is 10.2 Å². The van der Waals surface area contributed by atoms with Crippen LogP contribution < -0.4 is 0 Å². The molecule has 0 saturated carbocycles. The van der Waals surface area contributed by atoms with Crippen LogP contribution in [0.1, 0.15) is 112 Å². The minimum Gasteiger partial charge on any atom is -0.507 e. The minimum absolute atomic E-state index is 0.373. The smallest absolute Gasteiger partial charge is 0.122 e. The molecule has 0 aliphatic rings. The third-order valence-electron chi connectivity index (χ3n) is 6.42. The Morgan fingerprint density at radius 1 is 0.581 bits per heavy atom. The molecular weight excluding hydrogens is 380 g/mol. The standard InChI is InChI=1S/C29H44O2/c1-5-8-10-11-12-14-16-24-18-25(7-3)29(31)27(20-24)21-26-19-23(15-13-9-6-2)17-22(4)28(26)30/h17-20,30-31H,5-16,21H2,1-4H3. The molecule has 2 aromatic carbocycles. The number of rotatable bonds is 14. The molecule has 0 aliphatic heterocycles. The van der Waals surface area contributed by atoms with Crippen LogP contribution in [0.3, 0.4) is 0 Å². The highest BCUT2D eigenvalue weighted by Crippen LogP contribution is 2.33. The van der Waals surface area contributed by atoms with Crippen LogP contribution in [-0.2, 0) is 25.7 Å². The Morgan fingerprint density at radius 2 is 1.06 bits per heavy atom. The lowest BCUT2D eigenvalue weighted by molar-refractivity contribution is 0.457.